The minimum atomic E-state index is -0.286. The summed E-state index contributed by atoms with van der Waals surface area (Å²) >= 11 is 0. The predicted molar refractivity (Wildman–Crippen MR) is 71.5 cm³/mol. The zero-order chi connectivity index (χ0) is 14.0. The van der Waals surface area contributed by atoms with Gasteiger partial charge < -0.3 is 15.0 Å². The first-order valence-corrected chi connectivity index (χ1v) is 6.27. The number of benzene rings is 1. The summed E-state index contributed by atoms with van der Waals surface area (Å²) in [7, 11) is 4.86. The van der Waals surface area contributed by atoms with E-state index < -0.39 is 0 Å². The standard InChI is InChI=1S/C14H18N2O3/c1-15-13(17)12-8-10(19-9-4-5-9)6-7-11(12)14(18)16(2)3/h6-9H,4-5H2,1-3H3,(H,15,17). The Kier molecular flexibility index (Phi) is 3.74. The first-order chi connectivity index (χ1) is 9.02. The third-order valence-electron chi connectivity index (χ3n) is 2.93. The molecule has 0 unspecified atom stereocenters. The largest absolute Gasteiger partial charge is 0.490 e. The molecular formula is C14H18N2O3. The molecule has 0 aromatic heterocycles. The van der Waals surface area contributed by atoms with Gasteiger partial charge in [0.15, 0.2) is 0 Å². The topological polar surface area (TPSA) is 58.6 Å². The fourth-order valence-corrected chi connectivity index (χ4v) is 1.72. The summed E-state index contributed by atoms with van der Waals surface area (Å²) in [4.78, 5) is 25.4. The molecule has 1 aliphatic rings. The van der Waals surface area contributed by atoms with Crippen molar-refractivity contribution in [3.8, 4) is 5.75 Å². The van der Waals surface area contributed by atoms with Gasteiger partial charge in [-0.1, -0.05) is 0 Å². The van der Waals surface area contributed by atoms with Crippen LogP contribution in [-0.2, 0) is 0 Å². The highest BCUT2D eigenvalue weighted by molar-refractivity contribution is 6.07. The summed E-state index contributed by atoms with van der Waals surface area (Å²) in [6.45, 7) is 0. The predicted octanol–water partition coefficient (Wildman–Crippen LogP) is 1.29. The van der Waals surface area contributed by atoms with Crippen LogP contribution < -0.4 is 10.1 Å². The van der Waals surface area contributed by atoms with E-state index in [0.29, 0.717) is 16.9 Å². The van der Waals surface area contributed by atoms with E-state index in [1.165, 1.54) is 4.90 Å². The van der Waals surface area contributed by atoms with Gasteiger partial charge in [-0.05, 0) is 31.0 Å². The highest BCUT2D eigenvalue weighted by atomic mass is 16.5. The lowest BCUT2D eigenvalue weighted by atomic mass is 10.1. The lowest BCUT2D eigenvalue weighted by molar-refractivity contribution is 0.0818. The lowest BCUT2D eigenvalue weighted by Gasteiger charge is -2.15. The molecule has 0 atom stereocenters. The third kappa shape index (κ3) is 3.05. The van der Waals surface area contributed by atoms with Gasteiger partial charge in [-0.2, -0.15) is 0 Å². The molecule has 102 valence electrons. The number of amides is 2. The summed E-state index contributed by atoms with van der Waals surface area (Å²) in [5, 5.41) is 2.55. The van der Waals surface area contributed by atoms with Gasteiger partial charge in [0.1, 0.15) is 5.75 Å². The number of carbonyl (C=O) groups is 2. The van der Waals surface area contributed by atoms with Crippen LogP contribution in [0.2, 0.25) is 0 Å². The van der Waals surface area contributed by atoms with E-state index >= 15 is 0 Å². The van der Waals surface area contributed by atoms with E-state index in [1.54, 1.807) is 39.3 Å². The van der Waals surface area contributed by atoms with Gasteiger partial charge in [-0.15, -0.1) is 0 Å². The van der Waals surface area contributed by atoms with E-state index in [9.17, 15) is 9.59 Å². The first kappa shape index (κ1) is 13.4. The van der Waals surface area contributed by atoms with Crippen LogP contribution in [0.1, 0.15) is 33.6 Å². The van der Waals surface area contributed by atoms with Gasteiger partial charge >= 0.3 is 0 Å². The van der Waals surface area contributed by atoms with E-state index in [0.717, 1.165) is 12.8 Å². The van der Waals surface area contributed by atoms with Crippen LogP contribution >= 0.6 is 0 Å². The summed E-state index contributed by atoms with van der Waals surface area (Å²) in [6, 6.07) is 5.01. The summed E-state index contributed by atoms with van der Waals surface area (Å²) in [6.07, 6.45) is 2.36. The van der Waals surface area contributed by atoms with Gasteiger partial charge in [0, 0.05) is 21.1 Å². The third-order valence-corrected chi connectivity index (χ3v) is 2.93. The zero-order valence-corrected chi connectivity index (χ0v) is 11.4. The minimum Gasteiger partial charge on any atom is -0.490 e. The minimum absolute atomic E-state index is 0.198. The van der Waals surface area contributed by atoms with Gasteiger partial charge in [-0.3, -0.25) is 9.59 Å². The SMILES string of the molecule is CNC(=O)c1cc(OC2CC2)ccc1C(=O)N(C)C. The van der Waals surface area contributed by atoms with E-state index in [1.807, 2.05) is 0 Å². The monoisotopic (exact) mass is 262 g/mol. The molecule has 1 aromatic carbocycles. The zero-order valence-electron chi connectivity index (χ0n) is 11.4. The Bertz CT molecular complexity index is 507. The van der Waals surface area contributed by atoms with Crippen molar-refractivity contribution in [2.45, 2.75) is 18.9 Å². The number of hydrogen-bond acceptors (Lipinski definition) is 3. The smallest absolute Gasteiger partial charge is 0.254 e. The van der Waals surface area contributed by atoms with Crippen molar-refractivity contribution in [2.24, 2.45) is 0 Å². The molecule has 0 heterocycles. The molecule has 1 fully saturated rings. The summed E-state index contributed by atoms with van der Waals surface area (Å²) in [5.41, 5.74) is 0.729. The fourth-order valence-electron chi connectivity index (χ4n) is 1.72. The number of nitrogens with zero attached hydrogens (tertiary/aromatic N) is 1. The molecule has 5 heteroatoms. The van der Waals surface area contributed by atoms with Gasteiger partial charge in [0.2, 0.25) is 0 Å². The molecule has 0 radical (unpaired) electrons. The number of hydrogen-bond donors (Lipinski definition) is 1. The van der Waals surface area contributed by atoms with Gasteiger partial charge in [0.05, 0.1) is 17.2 Å². The summed E-state index contributed by atoms with van der Waals surface area (Å²) < 4.78 is 5.65. The molecule has 0 aliphatic heterocycles. The molecule has 19 heavy (non-hydrogen) atoms. The number of carbonyl (C=O) groups excluding carboxylic acids is 2. The Morgan fingerprint density at radius 3 is 2.47 bits per heavy atom. The fraction of sp³-hybridized carbons (Fsp3) is 0.429. The van der Waals surface area contributed by atoms with Crippen molar-refractivity contribution in [1.29, 1.82) is 0 Å². The Hall–Kier alpha value is -2.04. The second-order valence-corrected chi connectivity index (χ2v) is 4.80. The number of nitrogens with one attached hydrogen (secondary N) is 1. The average molecular weight is 262 g/mol. The molecule has 1 aromatic rings. The Balaban J connectivity index is 2.35. The first-order valence-electron chi connectivity index (χ1n) is 6.27. The van der Waals surface area contributed by atoms with Crippen LogP contribution in [0.25, 0.3) is 0 Å². The molecule has 0 spiro atoms. The molecule has 1 N–H and O–H groups in total. The maximum atomic E-state index is 12.0. The second kappa shape index (κ2) is 5.30. The lowest BCUT2D eigenvalue weighted by Crippen LogP contribution is -2.27. The van der Waals surface area contributed by atoms with Crippen LogP contribution in [0.4, 0.5) is 0 Å². The van der Waals surface area contributed by atoms with Crippen molar-refractivity contribution in [3.05, 3.63) is 29.3 Å². The van der Waals surface area contributed by atoms with E-state index in [4.69, 9.17) is 4.74 Å². The molecule has 5 nitrogen and oxygen atoms in total. The number of rotatable bonds is 4. The Morgan fingerprint density at radius 2 is 1.95 bits per heavy atom. The van der Waals surface area contributed by atoms with Gasteiger partial charge in [-0.25, -0.2) is 0 Å². The molecule has 0 saturated heterocycles. The summed E-state index contributed by atoms with van der Waals surface area (Å²) in [5.74, 6) is 0.152. The highest BCUT2D eigenvalue weighted by Gasteiger charge is 2.25. The van der Waals surface area contributed by atoms with Crippen molar-refractivity contribution in [3.63, 3.8) is 0 Å². The Morgan fingerprint density at radius 1 is 1.26 bits per heavy atom. The van der Waals surface area contributed by atoms with E-state index in [-0.39, 0.29) is 17.9 Å². The number of ether oxygens (including phenoxy) is 1. The second-order valence-electron chi connectivity index (χ2n) is 4.80. The normalized spacial score (nSPS) is 13.8. The van der Waals surface area contributed by atoms with Crippen LogP contribution in [0.3, 0.4) is 0 Å². The molecule has 1 saturated carbocycles. The van der Waals surface area contributed by atoms with Crippen molar-refractivity contribution < 1.29 is 14.3 Å². The van der Waals surface area contributed by atoms with Crippen LogP contribution in [-0.4, -0.2) is 44.0 Å². The highest BCUT2D eigenvalue weighted by Crippen LogP contribution is 2.28. The maximum Gasteiger partial charge on any atom is 0.254 e. The van der Waals surface area contributed by atoms with Crippen LogP contribution in [0.15, 0.2) is 18.2 Å². The van der Waals surface area contributed by atoms with E-state index in [2.05, 4.69) is 5.32 Å². The van der Waals surface area contributed by atoms with Crippen LogP contribution in [0, 0.1) is 0 Å². The van der Waals surface area contributed by atoms with Crippen molar-refractivity contribution in [1.82, 2.24) is 10.2 Å². The molecule has 2 rings (SSSR count). The van der Waals surface area contributed by atoms with Crippen molar-refractivity contribution >= 4 is 11.8 Å². The molecule has 2 amide bonds. The quantitative estimate of drug-likeness (QED) is 0.889. The average Bonchev–Trinajstić information content (AvgIpc) is 3.20. The van der Waals surface area contributed by atoms with Crippen molar-refractivity contribution in [2.75, 3.05) is 21.1 Å². The maximum absolute atomic E-state index is 12.0. The molecule has 1 aliphatic carbocycles. The Labute approximate surface area is 112 Å². The molecule has 0 bridgehead atoms. The van der Waals surface area contributed by atoms with Crippen LogP contribution in [0.5, 0.6) is 5.75 Å². The van der Waals surface area contributed by atoms with Gasteiger partial charge in [0.25, 0.3) is 11.8 Å². The molecular weight excluding hydrogens is 244 g/mol.